The Labute approximate surface area is 149 Å². The average Bonchev–Trinajstić information content (AvgIpc) is 1.78. The first-order valence-corrected chi connectivity index (χ1v) is 5.66. The van der Waals surface area contributed by atoms with Gasteiger partial charge in [-0.2, -0.15) is 0 Å². The molecule has 0 amide bonds. The van der Waals surface area contributed by atoms with E-state index in [0.29, 0.717) is 0 Å². The molecule has 0 saturated heterocycles. The zero-order chi connectivity index (χ0) is 11.6. The van der Waals surface area contributed by atoms with Gasteiger partial charge in [-0.05, 0) is 0 Å². The van der Waals surface area contributed by atoms with Crippen LogP contribution >= 0.6 is 15.6 Å². The van der Waals surface area contributed by atoms with Gasteiger partial charge in [0.25, 0.3) is 0 Å². The third-order valence-electron chi connectivity index (χ3n) is 0.570. The molecule has 0 saturated carbocycles. The minimum Gasteiger partial charge on any atom is -1.00 e. The van der Waals surface area contributed by atoms with Crippen molar-refractivity contribution >= 4 is 27.6 Å². The van der Waals surface area contributed by atoms with Crippen molar-refractivity contribution in [2.24, 2.45) is 0 Å². The van der Waals surface area contributed by atoms with E-state index in [1.807, 2.05) is 0 Å². The fourth-order valence-electron chi connectivity index (χ4n) is 0.291. The third kappa shape index (κ3) is 19.8. The molecule has 4 N–H and O–H groups in total. The van der Waals surface area contributed by atoms with Crippen molar-refractivity contribution in [2.75, 3.05) is 0 Å². The van der Waals surface area contributed by atoms with Gasteiger partial charge in [-0.3, -0.25) is 19.6 Å². The number of hydrogen-bond donors (Lipinski definition) is 4. The maximum atomic E-state index is 10.3. The molecule has 0 aliphatic rings. The van der Waals surface area contributed by atoms with Crippen LogP contribution in [0.1, 0.15) is 2.85 Å². The maximum Gasteiger partial charge on any atom is 1.00 e. The van der Waals surface area contributed by atoms with Gasteiger partial charge in [0.05, 0.1) is 0 Å². The summed E-state index contributed by atoms with van der Waals surface area (Å²) in [4.78, 5) is 52.6. The van der Waals surface area contributed by atoms with E-state index in [2.05, 4.69) is 9.05 Å². The van der Waals surface area contributed by atoms with Gasteiger partial charge in [0.2, 0.25) is 0 Å². The molecule has 16 heteroatoms. The van der Waals surface area contributed by atoms with Gasteiger partial charge >= 0.3 is 65.3 Å². The number of rotatable bonds is 2. The van der Waals surface area contributed by atoms with Gasteiger partial charge < -0.3 is 11.9 Å². The van der Waals surface area contributed by atoms with Gasteiger partial charge in [-0.15, -0.1) is 0 Å². The molecular formula is C2H6Fe2Li2O10P2. The molecule has 0 radical (unpaired) electrons. The summed E-state index contributed by atoms with van der Waals surface area (Å²) in [5.74, 6) is -4.41. The van der Waals surface area contributed by atoms with Crippen LogP contribution in [-0.4, -0.2) is 31.5 Å². The van der Waals surface area contributed by atoms with Crippen molar-refractivity contribution < 1.29 is 122 Å². The second kappa shape index (κ2) is 12.2. The Morgan fingerprint density at radius 1 is 0.778 bits per heavy atom. The van der Waals surface area contributed by atoms with Crippen molar-refractivity contribution in [2.45, 2.75) is 0 Å². The fraction of sp³-hybridized carbons (Fsp3) is 0. The van der Waals surface area contributed by atoms with Crippen LogP contribution in [0.5, 0.6) is 0 Å². The molecule has 0 fully saturated rings. The first-order chi connectivity index (χ1) is 6.01. The van der Waals surface area contributed by atoms with Gasteiger partial charge in [0.15, 0.2) is 0 Å². The van der Waals surface area contributed by atoms with Crippen LogP contribution < -0.4 is 37.7 Å². The number of carbonyl (C=O) groups is 2. The molecule has 0 aliphatic heterocycles. The zero-order valence-corrected chi connectivity index (χ0v) is 12.8. The fourth-order valence-corrected chi connectivity index (χ4v) is 0.872. The van der Waals surface area contributed by atoms with Crippen LogP contribution in [0.15, 0.2) is 0 Å². The van der Waals surface area contributed by atoms with Crippen LogP contribution in [0.3, 0.4) is 0 Å². The molecule has 0 heterocycles. The standard InChI is InChI=1S/C2H4O10P2.2Fe.2Li.2H/c3-1(11-13(5,6)7)2(4)12-14(8,9)10;;;;;;/h(H2,5,6,7)(H2,8,9,10);;;;;;/q;;;2*+1;2*-1. The summed E-state index contributed by atoms with van der Waals surface area (Å²) in [7, 11) is -10.5. The van der Waals surface area contributed by atoms with Crippen molar-refractivity contribution in [1.82, 2.24) is 0 Å². The summed E-state index contributed by atoms with van der Waals surface area (Å²) >= 11 is 0. The van der Waals surface area contributed by atoms with E-state index >= 15 is 0 Å². The van der Waals surface area contributed by atoms with Crippen LogP contribution in [-0.2, 0) is 61.9 Å². The number of phosphoric ester groups is 2. The quantitative estimate of drug-likeness (QED) is 0.206. The zero-order valence-electron chi connectivity index (χ0n) is 10.8. The van der Waals surface area contributed by atoms with Crippen molar-refractivity contribution in [3.8, 4) is 0 Å². The molecule has 0 aromatic heterocycles. The van der Waals surface area contributed by atoms with E-state index in [0.717, 1.165) is 0 Å². The molecule has 10 nitrogen and oxygen atoms in total. The molecular weight excluding hydrogens is 372 g/mol. The van der Waals surface area contributed by atoms with E-state index in [1.54, 1.807) is 0 Å². The first kappa shape index (κ1) is 31.7. The van der Waals surface area contributed by atoms with Crippen molar-refractivity contribution in [1.29, 1.82) is 0 Å². The van der Waals surface area contributed by atoms with Crippen molar-refractivity contribution in [3.63, 3.8) is 0 Å². The molecule has 0 bridgehead atoms. The molecule has 0 aliphatic carbocycles. The van der Waals surface area contributed by atoms with Gasteiger partial charge in [-0.1, -0.05) is 0 Å². The SMILES string of the molecule is O=C(OP(=O)(O)O)C(=O)OP(=O)(O)O.[Fe].[Fe].[H-].[H-].[Li+].[Li+]. The summed E-state index contributed by atoms with van der Waals surface area (Å²) in [6.07, 6.45) is 0. The molecule has 18 heavy (non-hydrogen) atoms. The summed E-state index contributed by atoms with van der Waals surface area (Å²) in [5, 5.41) is 0. The largest absolute Gasteiger partial charge is 1.00 e. The molecule has 0 atom stereocenters. The van der Waals surface area contributed by atoms with Gasteiger partial charge in [0, 0.05) is 34.1 Å². The number of phosphoric acid groups is 2. The Morgan fingerprint density at radius 3 is 1.06 bits per heavy atom. The van der Waals surface area contributed by atoms with Crippen LogP contribution in [0.4, 0.5) is 0 Å². The predicted molar refractivity (Wildman–Crippen MR) is 38.5 cm³/mol. The Balaban J connectivity index is -0.0000000563. The predicted octanol–water partition coefficient (Wildman–Crippen LogP) is -7.51. The second-order valence-electron chi connectivity index (χ2n) is 1.74. The van der Waals surface area contributed by atoms with Gasteiger partial charge in [-0.25, -0.2) is 18.7 Å². The Kier molecular flexibility index (Phi) is 21.6. The minimum absolute atomic E-state index is 0. The Bertz CT molecular complexity index is 323. The third-order valence-corrected chi connectivity index (χ3v) is 1.38. The van der Waals surface area contributed by atoms with Crippen molar-refractivity contribution in [3.05, 3.63) is 0 Å². The summed E-state index contributed by atoms with van der Waals surface area (Å²) in [6.45, 7) is 0. The minimum atomic E-state index is -5.24. The Morgan fingerprint density at radius 2 is 0.944 bits per heavy atom. The number of carbonyl (C=O) groups excluding carboxylic acids is 2. The molecule has 0 spiro atoms. The first-order valence-electron chi connectivity index (χ1n) is 2.60. The van der Waals surface area contributed by atoms with E-state index in [4.69, 9.17) is 19.6 Å². The molecule has 0 aromatic carbocycles. The Hall–Kier alpha value is 1.47. The molecule has 0 unspecified atom stereocenters. The molecule has 102 valence electrons. The molecule has 0 aromatic rings. The monoisotopic (exact) mass is 378 g/mol. The van der Waals surface area contributed by atoms with E-state index in [9.17, 15) is 18.7 Å². The average molecular weight is 378 g/mol. The molecule has 0 rings (SSSR count). The van der Waals surface area contributed by atoms with E-state index in [-0.39, 0.29) is 74.7 Å². The van der Waals surface area contributed by atoms with Crippen LogP contribution in [0.25, 0.3) is 0 Å². The smallest absolute Gasteiger partial charge is 1.00 e. The van der Waals surface area contributed by atoms with Crippen LogP contribution in [0, 0.1) is 0 Å². The van der Waals surface area contributed by atoms with Gasteiger partial charge in [0.1, 0.15) is 0 Å². The number of hydrogen-bond acceptors (Lipinski definition) is 6. The second-order valence-corrected chi connectivity index (χ2v) is 4.07. The summed E-state index contributed by atoms with van der Waals surface area (Å²) < 4.78 is 26.2. The van der Waals surface area contributed by atoms with E-state index in [1.165, 1.54) is 0 Å². The topological polar surface area (TPSA) is 168 Å². The van der Waals surface area contributed by atoms with Crippen LogP contribution in [0.2, 0.25) is 0 Å². The maximum absolute atomic E-state index is 10.3. The van der Waals surface area contributed by atoms with E-state index < -0.39 is 27.6 Å². The summed E-state index contributed by atoms with van der Waals surface area (Å²) in [5.41, 5.74) is 0. The normalized spacial score (nSPS) is 9.33. The summed E-state index contributed by atoms with van der Waals surface area (Å²) in [6, 6.07) is 0.